The first-order valence-electron chi connectivity index (χ1n) is 5.42. The molecule has 0 aliphatic rings. The molecule has 0 radical (unpaired) electrons. The number of anilines is 1. The molecule has 1 rings (SSSR count). The molecule has 1 nitrogen and oxygen atoms in total. The highest BCUT2D eigenvalue weighted by Crippen LogP contribution is 2.22. The summed E-state index contributed by atoms with van der Waals surface area (Å²) in [6.07, 6.45) is 0. The molecule has 0 fully saturated rings. The first kappa shape index (κ1) is 11.1. The van der Waals surface area contributed by atoms with Gasteiger partial charge in [0.25, 0.3) is 0 Å². The van der Waals surface area contributed by atoms with E-state index in [0.29, 0.717) is 0 Å². The van der Waals surface area contributed by atoms with E-state index < -0.39 is 0 Å². The van der Waals surface area contributed by atoms with Crippen LogP contribution in [-0.4, -0.2) is 13.1 Å². The maximum Gasteiger partial charge on any atom is 0.0371 e. The summed E-state index contributed by atoms with van der Waals surface area (Å²) < 4.78 is 0. The predicted octanol–water partition coefficient (Wildman–Crippen LogP) is 3.46. The fourth-order valence-electron chi connectivity index (χ4n) is 1.78. The van der Waals surface area contributed by atoms with Gasteiger partial charge in [0.2, 0.25) is 0 Å². The van der Waals surface area contributed by atoms with E-state index in [9.17, 15) is 0 Å². The zero-order valence-corrected chi connectivity index (χ0v) is 10.0. The third-order valence-electron chi connectivity index (χ3n) is 3.04. The Morgan fingerprint density at radius 3 is 1.71 bits per heavy atom. The Balaban J connectivity index is 3.11. The lowest BCUT2D eigenvalue weighted by atomic mass is 10.0. The monoisotopic (exact) mass is 191 g/mol. The van der Waals surface area contributed by atoms with Crippen LogP contribution in [0, 0.1) is 20.8 Å². The van der Waals surface area contributed by atoms with Gasteiger partial charge in [0.05, 0.1) is 0 Å². The normalized spacial score (nSPS) is 10.4. The first-order chi connectivity index (χ1) is 6.60. The molecule has 1 aromatic carbocycles. The van der Waals surface area contributed by atoms with Gasteiger partial charge in [-0.1, -0.05) is 0 Å². The highest BCUT2D eigenvalue weighted by molar-refractivity contribution is 5.53. The van der Waals surface area contributed by atoms with E-state index in [0.717, 1.165) is 13.1 Å². The summed E-state index contributed by atoms with van der Waals surface area (Å²) >= 11 is 0. The zero-order chi connectivity index (χ0) is 10.7. The fourth-order valence-corrected chi connectivity index (χ4v) is 1.78. The molecule has 0 saturated heterocycles. The summed E-state index contributed by atoms with van der Waals surface area (Å²) in [7, 11) is 0. The van der Waals surface area contributed by atoms with Crippen molar-refractivity contribution in [1.82, 2.24) is 0 Å². The molecule has 0 atom stereocenters. The fraction of sp³-hybridized carbons (Fsp3) is 0.538. The van der Waals surface area contributed by atoms with E-state index in [1.54, 1.807) is 0 Å². The Morgan fingerprint density at radius 2 is 1.36 bits per heavy atom. The second kappa shape index (κ2) is 4.50. The molecule has 0 N–H and O–H groups in total. The third kappa shape index (κ3) is 2.09. The van der Waals surface area contributed by atoms with Gasteiger partial charge >= 0.3 is 0 Å². The molecule has 0 saturated carbocycles. The summed E-state index contributed by atoms with van der Waals surface area (Å²) in [5, 5.41) is 0. The van der Waals surface area contributed by atoms with Gasteiger partial charge in [-0.2, -0.15) is 0 Å². The minimum atomic E-state index is 1.08. The number of aryl methyl sites for hydroxylation is 2. The number of rotatable bonds is 3. The van der Waals surface area contributed by atoms with Crippen molar-refractivity contribution in [1.29, 1.82) is 0 Å². The molecule has 0 aliphatic heterocycles. The van der Waals surface area contributed by atoms with E-state index in [4.69, 9.17) is 0 Å². The molecule has 0 unspecified atom stereocenters. The molecule has 14 heavy (non-hydrogen) atoms. The van der Waals surface area contributed by atoms with Crippen LogP contribution in [-0.2, 0) is 0 Å². The van der Waals surface area contributed by atoms with Crippen LogP contribution in [0.15, 0.2) is 12.1 Å². The molecule has 0 amide bonds. The number of hydrogen-bond acceptors (Lipinski definition) is 1. The van der Waals surface area contributed by atoms with Gasteiger partial charge < -0.3 is 4.90 Å². The van der Waals surface area contributed by atoms with Crippen molar-refractivity contribution >= 4 is 5.69 Å². The average Bonchev–Trinajstić information content (AvgIpc) is 2.16. The summed E-state index contributed by atoms with van der Waals surface area (Å²) in [4.78, 5) is 2.39. The highest BCUT2D eigenvalue weighted by atomic mass is 15.1. The summed E-state index contributed by atoms with van der Waals surface area (Å²) in [6, 6.07) is 4.57. The van der Waals surface area contributed by atoms with Gasteiger partial charge in [0, 0.05) is 18.8 Å². The number of benzene rings is 1. The van der Waals surface area contributed by atoms with Gasteiger partial charge in [-0.15, -0.1) is 0 Å². The Labute approximate surface area is 87.7 Å². The van der Waals surface area contributed by atoms with Crippen LogP contribution in [0.1, 0.15) is 30.5 Å². The van der Waals surface area contributed by atoms with Crippen LogP contribution in [0.5, 0.6) is 0 Å². The van der Waals surface area contributed by atoms with Crippen molar-refractivity contribution in [3.8, 4) is 0 Å². The second-order valence-electron chi connectivity index (χ2n) is 3.88. The van der Waals surface area contributed by atoms with Crippen LogP contribution in [0.4, 0.5) is 5.69 Å². The van der Waals surface area contributed by atoms with Crippen LogP contribution in [0.25, 0.3) is 0 Å². The SMILES string of the molecule is CCN(CC)c1cc(C)c(C)c(C)c1. The lowest BCUT2D eigenvalue weighted by Crippen LogP contribution is -2.22. The lowest BCUT2D eigenvalue weighted by Gasteiger charge is -2.22. The smallest absolute Gasteiger partial charge is 0.0371 e. The summed E-state index contributed by atoms with van der Waals surface area (Å²) in [5.41, 5.74) is 5.57. The Morgan fingerprint density at radius 1 is 0.929 bits per heavy atom. The minimum absolute atomic E-state index is 1.08. The van der Waals surface area contributed by atoms with E-state index in [1.807, 2.05) is 0 Å². The topological polar surface area (TPSA) is 3.24 Å². The van der Waals surface area contributed by atoms with Crippen molar-refractivity contribution in [3.05, 3.63) is 28.8 Å². The van der Waals surface area contributed by atoms with E-state index in [2.05, 4.69) is 51.7 Å². The minimum Gasteiger partial charge on any atom is -0.372 e. The van der Waals surface area contributed by atoms with Crippen LogP contribution >= 0.6 is 0 Å². The molecule has 0 aromatic heterocycles. The molecule has 0 aliphatic carbocycles. The van der Waals surface area contributed by atoms with Gasteiger partial charge in [-0.3, -0.25) is 0 Å². The number of hydrogen-bond donors (Lipinski definition) is 0. The van der Waals surface area contributed by atoms with Gasteiger partial charge in [0.15, 0.2) is 0 Å². The third-order valence-corrected chi connectivity index (χ3v) is 3.04. The maximum atomic E-state index is 2.39. The van der Waals surface area contributed by atoms with E-state index >= 15 is 0 Å². The molecular formula is C13H21N. The van der Waals surface area contributed by atoms with Gasteiger partial charge in [-0.05, 0) is 63.4 Å². The van der Waals surface area contributed by atoms with Crippen LogP contribution in [0.2, 0.25) is 0 Å². The standard InChI is InChI=1S/C13H21N/c1-6-14(7-2)13-8-10(3)12(5)11(4)9-13/h8-9H,6-7H2,1-5H3. The van der Waals surface area contributed by atoms with Crippen molar-refractivity contribution in [3.63, 3.8) is 0 Å². The zero-order valence-electron chi connectivity index (χ0n) is 10.0. The Hall–Kier alpha value is -0.980. The van der Waals surface area contributed by atoms with Crippen LogP contribution < -0.4 is 4.90 Å². The quantitative estimate of drug-likeness (QED) is 0.707. The Bertz CT molecular complexity index is 288. The van der Waals surface area contributed by atoms with Crippen LogP contribution in [0.3, 0.4) is 0 Å². The van der Waals surface area contributed by atoms with Crippen molar-refractivity contribution < 1.29 is 0 Å². The average molecular weight is 191 g/mol. The second-order valence-corrected chi connectivity index (χ2v) is 3.88. The molecule has 0 heterocycles. The molecule has 0 bridgehead atoms. The molecule has 1 heteroatoms. The molecular weight excluding hydrogens is 170 g/mol. The van der Waals surface area contributed by atoms with Gasteiger partial charge in [-0.25, -0.2) is 0 Å². The van der Waals surface area contributed by atoms with Crippen molar-refractivity contribution in [2.75, 3.05) is 18.0 Å². The first-order valence-corrected chi connectivity index (χ1v) is 5.42. The summed E-state index contributed by atoms with van der Waals surface area (Å²) in [6.45, 7) is 13.1. The highest BCUT2D eigenvalue weighted by Gasteiger charge is 2.05. The van der Waals surface area contributed by atoms with Crippen molar-refractivity contribution in [2.45, 2.75) is 34.6 Å². The molecule has 1 aromatic rings. The van der Waals surface area contributed by atoms with E-state index in [1.165, 1.54) is 22.4 Å². The maximum absolute atomic E-state index is 2.39. The van der Waals surface area contributed by atoms with Gasteiger partial charge in [0.1, 0.15) is 0 Å². The summed E-state index contributed by atoms with van der Waals surface area (Å²) in [5.74, 6) is 0. The van der Waals surface area contributed by atoms with Crippen molar-refractivity contribution in [2.24, 2.45) is 0 Å². The lowest BCUT2D eigenvalue weighted by molar-refractivity contribution is 0.864. The Kier molecular flexibility index (Phi) is 3.56. The molecule has 78 valence electrons. The van der Waals surface area contributed by atoms with E-state index in [-0.39, 0.29) is 0 Å². The predicted molar refractivity (Wildman–Crippen MR) is 64.2 cm³/mol. The number of nitrogens with zero attached hydrogens (tertiary/aromatic N) is 1. The largest absolute Gasteiger partial charge is 0.372 e. The molecule has 0 spiro atoms.